The molecular weight excluding hydrogens is 226 g/mol. The Balaban J connectivity index is 2.34. The van der Waals surface area contributed by atoms with Crippen molar-refractivity contribution >= 4 is 5.97 Å². The van der Waals surface area contributed by atoms with Gasteiger partial charge in [0.1, 0.15) is 0 Å². The lowest BCUT2D eigenvalue weighted by Crippen LogP contribution is -2.20. The fraction of sp³-hybridized carbons (Fsp3) is 0.533. The highest BCUT2D eigenvalue weighted by molar-refractivity contribution is 5.66. The Hall–Kier alpha value is -1.35. The van der Waals surface area contributed by atoms with Crippen LogP contribution >= 0.6 is 0 Å². The van der Waals surface area contributed by atoms with Gasteiger partial charge in [-0.1, -0.05) is 18.2 Å². The van der Waals surface area contributed by atoms with Gasteiger partial charge in [0, 0.05) is 12.5 Å². The van der Waals surface area contributed by atoms with E-state index in [0.29, 0.717) is 6.04 Å². The van der Waals surface area contributed by atoms with Crippen LogP contribution in [0.15, 0.2) is 18.2 Å². The molecule has 0 saturated carbocycles. The zero-order valence-corrected chi connectivity index (χ0v) is 11.5. The molecular formula is C15H23NO2. The first-order valence-corrected chi connectivity index (χ1v) is 6.53. The first kappa shape index (κ1) is 14.7. The summed E-state index contributed by atoms with van der Waals surface area (Å²) < 4.78 is 0. The number of hydrogen-bond donors (Lipinski definition) is 2. The molecule has 0 aliphatic rings. The maximum Gasteiger partial charge on any atom is 0.303 e. The predicted octanol–water partition coefficient (Wildman–Crippen LogP) is 3.21. The third kappa shape index (κ3) is 4.88. The van der Waals surface area contributed by atoms with Gasteiger partial charge in [0.15, 0.2) is 0 Å². The zero-order chi connectivity index (χ0) is 13.5. The van der Waals surface area contributed by atoms with Crippen LogP contribution in [0.3, 0.4) is 0 Å². The second-order valence-corrected chi connectivity index (χ2v) is 4.87. The van der Waals surface area contributed by atoms with Crippen molar-refractivity contribution in [2.24, 2.45) is 0 Å². The Morgan fingerprint density at radius 1 is 1.28 bits per heavy atom. The van der Waals surface area contributed by atoms with Crippen molar-refractivity contribution in [2.45, 2.75) is 46.1 Å². The van der Waals surface area contributed by atoms with Gasteiger partial charge in [-0.2, -0.15) is 0 Å². The van der Waals surface area contributed by atoms with Crippen LogP contribution in [0.25, 0.3) is 0 Å². The monoisotopic (exact) mass is 249 g/mol. The molecule has 0 radical (unpaired) electrons. The smallest absolute Gasteiger partial charge is 0.303 e. The molecule has 0 aliphatic heterocycles. The number of carboxylic acid groups (broad SMARTS) is 1. The van der Waals surface area contributed by atoms with Crippen LogP contribution in [0.2, 0.25) is 0 Å². The lowest BCUT2D eigenvalue weighted by Gasteiger charge is -2.15. The van der Waals surface area contributed by atoms with E-state index in [1.54, 1.807) is 0 Å². The van der Waals surface area contributed by atoms with Gasteiger partial charge < -0.3 is 10.4 Å². The fourth-order valence-corrected chi connectivity index (χ4v) is 1.87. The molecule has 2 N–H and O–H groups in total. The van der Waals surface area contributed by atoms with Crippen molar-refractivity contribution in [2.75, 3.05) is 6.54 Å². The van der Waals surface area contributed by atoms with Crippen molar-refractivity contribution in [1.82, 2.24) is 5.32 Å². The van der Waals surface area contributed by atoms with Gasteiger partial charge in [-0.3, -0.25) is 4.79 Å². The molecule has 0 saturated heterocycles. The SMILES string of the molecule is Cc1ccc(C(C)NCCCCC(=O)O)cc1C. The summed E-state index contributed by atoms with van der Waals surface area (Å²) in [5.41, 5.74) is 3.91. The van der Waals surface area contributed by atoms with E-state index < -0.39 is 5.97 Å². The molecule has 0 bridgehead atoms. The Morgan fingerprint density at radius 3 is 2.61 bits per heavy atom. The number of aryl methyl sites for hydroxylation is 2. The van der Waals surface area contributed by atoms with Crippen LogP contribution in [0.4, 0.5) is 0 Å². The standard InChI is InChI=1S/C15H23NO2/c1-11-7-8-14(10-12(11)2)13(3)16-9-5-4-6-15(17)18/h7-8,10,13,16H,4-6,9H2,1-3H3,(H,17,18). The molecule has 100 valence electrons. The molecule has 0 aromatic heterocycles. The van der Waals surface area contributed by atoms with Gasteiger partial charge in [0.2, 0.25) is 0 Å². The largest absolute Gasteiger partial charge is 0.481 e. The van der Waals surface area contributed by atoms with E-state index in [4.69, 9.17) is 5.11 Å². The fourth-order valence-electron chi connectivity index (χ4n) is 1.87. The molecule has 1 atom stereocenters. The van der Waals surface area contributed by atoms with E-state index in [-0.39, 0.29) is 6.42 Å². The molecule has 1 unspecified atom stereocenters. The maximum atomic E-state index is 10.4. The molecule has 0 amide bonds. The van der Waals surface area contributed by atoms with Crippen LogP contribution in [0.5, 0.6) is 0 Å². The average Bonchev–Trinajstić information content (AvgIpc) is 2.31. The Labute approximate surface area is 109 Å². The van der Waals surface area contributed by atoms with E-state index in [1.165, 1.54) is 16.7 Å². The van der Waals surface area contributed by atoms with Gasteiger partial charge in [-0.25, -0.2) is 0 Å². The number of benzene rings is 1. The summed E-state index contributed by atoms with van der Waals surface area (Å²) in [5.74, 6) is -0.711. The molecule has 1 aromatic rings. The summed E-state index contributed by atoms with van der Waals surface area (Å²) in [6, 6.07) is 6.82. The lowest BCUT2D eigenvalue weighted by molar-refractivity contribution is -0.137. The number of unbranched alkanes of at least 4 members (excludes halogenated alkanes) is 1. The van der Waals surface area contributed by atoms with Gasteiger partial charge >= 0.3 is 5.97 Å². The van der Waals surface area contributed by atoms with Crippen molar-refractivity contribution in [3.63, 3.8) is 0 Å². The minimum atomic E-state index is -0.711. The number of nitrogens with one attached hydrogen (secondary N) is 1. The van der Waals surface area contributed by atoms with Gasteiger partial charge in [-0.15, -0.1) is 0 Å². The van der Waals surface area contributed by atoms with E-state index in [1.807, 2.05) is 0 Å². The molecule has 0 fully saturated rings. The first-order chi connectivity index (χ1) is 8.50. The minimum Gasteiger partial charge on any atom is -0.481 e. The van der Waals surface area contributed by atoms with Crippen molar-refractivity contribution in [1.29, 1.82) is 0 Å². The quantitative estimate of drug-likeness (QED) is 0.729. The number of hydrogen-bond acceptors (Lipinski definition) is 2. The Morgan fingerprint density at radius 2 is 2.00 bits per heavy atom. The second-order valence-electron chi connectivity index (χ2n) is 4.87. The Bertz CT molecular complexity index is 401. The van der Waals surface area contributed by atoms with E-state index in [9.17, 15) is 4.79 Å². The summed E-state index contributed by atoms with van der Waals surface area (Å²) in [6.07, 6.45) is 1.91. The summed E-state index contributed by atoms with van der Waals surface area (Å²) in [6.45, 7) is 7.24. The third-order valence-electron chi connectivity index (χ3n) is 3.30. The van der Waals surface area contributed by atoms with E-state index in [0.717, 1.165) is 19.4 Å². The summed E-state index contributed by atoms with van der Waals surface area (Å²) in [4.78, 5) is 10.4. The van der Waals surface area contributed by atoms with E-state index in [2.05, 4.69) is 44.3 Å². The van der Waals surface area contributed by atoms with Crippen LogP contribution in [0, 0.1) is 13.8 Å². The highest BCUT2D eigenvalue weighted by atomic mass is 16.4. The number of carboxylic acids is 1. The summed E-state index contributed by atoms with van der Waals surface area (Å²) >= 11 is 0. The average molecular weight is 249 g/mol. The van der Waals surface area contributed by atoms with Gasteiger partial charge in [-0.05, 0) is 56.8 Å². The van der Waals surface area contributed by atoms with Crippen LogP contribution < -0.4 is 5.32 Å². The first-order valence-electron chi connectivity index (χ1n) is 6.53. The molecule has 3 nitrogen and oxygen atoms in total. The molecule has 1 rings (SSSR count). The zero-order valence-electron chi connectivity index (χ0n) is 11.5. The van der Waals surface area contributed by atoms with Crippen LogP contribution in [-0.2, 0) is 4.79 Å². The topological polar surface area (TPSA) is 49.3 Å². The van der Waals surface area contributed by atoms with Gasteiger partial charge in [0.05, 0.1) is 0 Å². The minimum absolute atomic E-state index is 0.264. The molecule has 18 heavy (non-hydrogen) atoms. The number of rotatable bonds is 7. The number of carbonyl (C=O) groups is 1. The Kier molecular flexibility index (Phi) is 5.86. The molecule has 0 aliphatic carbocycles. The highest BCUT2D eigenvalue weighted by Gasteiger charge is 2.05. The summed E-state index contributed by atoms with van der Waals surface area (Å²) in [7, 11) is 0. The third-order valence-corrected chi connectivity index (χ3v) is 3.30. The summed E-state index contributed by atoms with van der Waals surface area (Å²) in [5, 5.41) is 12.0. The van der Waals surface area contributed by atoms with Crippen LogP contribution in [0.1, 0.15) is 48.9 Å². The van der Waals surface area contributed by atoms with Crippen molar-refractivity contribution in [3.05, 3.63) is 34.9 Å². The van der Waals surface area contributed by atoms with E-state index >= 15 is 0 Å². The molecule has 3 heteroatoms. The van der Waals surface area contributed by atoms with Crippen molar-refractivity contribution in [3.8, 4) is 0 Å². The lowest BCUT2D eigenvalue weighted by atomic mass is 10.0. The van der Waals surface area contributed by atoms with Crippen LogP contribution in [-0.4, -0.2) is 17.6 Å². The molecule has 1 aromatic carbocycles. The number of aliphatic carboxylic acids is 1. The molecule has 0 spiro atoms. The second kappa shape index (κ2) is 7.17. The highest BCUT2D eigenvalue weighted by Crippen LogP contribution is 2.16. The van der Waals surface area contributed by atoms with Crippen molar-refractivity contribution < 1.29 is 9.90 Å². The molecule has 0 heterocycles. The predicted molar refractivity (Wildman–Crippen MR) is 73.8 cm³/mol. The normalized spacial score (nSPS) is 12.4. The maximum absolute atomic E-state index is 10.4. The van der Waals surface area contributed by atoms with Gasteiger partial charge in [0.25, 0.3) is 0 Å².